The summed E-state index contributed by atoms with van der Waals surface area (Å²) in [4.78, 5) is 50.9. The molecule has 3 N–H and O–H groups in total. The summed E-state index contributed by atoms with van der Waals surface area (Å²) in [7, 11) is 1.63. The fourth-order valence-electron chi connectivity index (χ4n) is 2.95. The van der Waals surface area contributed by atoms with Gasteiger partial charge in [-0.25, -0.2) is 14.4 Å². The van der Waals surface area contributed by atoms with Gasteiger partial charge in [0, 0.05) is 13.5 Å². The number of ether oxygens (including phenoxy) is 1. The molecule has 168 valence electrons. The van der Waals surface area contributed by atoms with Crippen molar-refractivity contribution in [2.75, 3.05) is 4.90 Å². The molecule has 1 aromatic heterocycles. The van der Waals surface area contributed by atoms with E-state index in [1.165, 1.54) is 9.36 Å². The molecule has 10 heteroatoms. The van der Waals surface area contributed by atoms with Crippen LogP contribution < -0.4 is 16.2 Å². The van der Waals surface area contributed by atoms with Gasteiger partial charge in [-0.15, -0.1) is 0 Å². The van der Waals surface area contributed by atoms with Crippen LogP contribution >= 0.6 is 0 Å². The SMILES string of the molecule is Cc1c(N(C(=O)CC[C@H](N)C(=O)O)C(=O)OC(C)(C)C)c(=O)n(-c2ccccc2)n1C. The Labute approximate surface area is 179 Å². The van der Waals surface area contributed by atoms with Crippen LogP contribution in [-0.2, 0) is 21.4 Å². The number of nitrogens with two attached hydrogens (primary N) is 1. The first kappa shape index (κ1) is 23.9. The summed E-state index contributed by atoms with van der Waals surface area (Å²) in [6.07, 6.45) is -1.58. The molecule has 0 aliphatic carbocycles. The van der Waals surface area contributed by atoms with E-state index in [1.54, 1.807) is 65.1 Å². The minimum atomic E-state index is -1.28. The zero-order valence-electron chi connectivity index (χ0n) is 18.3. The molecule has 0 saturated heterocycles. The highest BCUT2D eigenvalue weighted by atomic mass is 16.6. The highest BCUT2D eigenvalue weighted by molar-refractivity contribution is 6.12. The van der Waals surface area contributed by atoms with Crippen molar-refractivity contribution >= 4 is 23.7 Å². The largest absolute Gasteiger partial charge is 0.480 e. The first-order chi connectivity index (χ1) is 14.3. The van der Waals surface area contributed by atoms with E-state index in [9.17, 15) is 19.2 Å². The van der Waals surface area contributed by atoms with Crippen LogP contribution in [0.5, 0.6) is 0 Å². The zero-order chi connectivity index (χ0) is 23.5. The number of aromatic nitrogens is 2. The van der Waals surface area contributed by atoms with Crippen molar-refractivity contribution in [3.63, 3.8) is 0 Å². The number of nitrogens with zero attached hydrogens (tertiary/aromatic N) is 3. The van der Waals surface area contributed by atoms with Crippen molar-refractivity contribution in [1.29, 1.82) is 0 Å². The fraction of sp³-hybridized carbons (Fsp3) is 0.429. The van der Waals surface area contributed by atoms with Gasteiger partial charge in [0.25, 0.3) is 5.56 Å². The van der Waals surface area contributed by atoms with E-state index in [1.807, 2.05) is 0 Å². The number of aliphatic carboxylic acids is 1. The molecule has 2 aromatic rings. The third-order valence-corrected chi connectivity index (χ3v) is 4.56. The topological polar surface area (TPSA) is 137 Å². The maximum absolute atomic E-state index is 13.3. The number of anilines is 1. The number of amides is 2. The van der Waals surface area contributed by atoms with E-state index in [0.29, 0.717) is 16.3 Å². The second-order valence-corrected chi connectivity index (χ2v) is 8.10. The van der Waals surface area contributed by atoms with Gasteiger partial charge >= 0.3 is 12.1 Å². The molecule has 0 bridgehead atoms. The molecular weight excluding hydrogens is 404 g/mol. The summed E-state index contributed by atoms with van der Waals surface area (Å²) in [5.41, 5.74) is 4.73. The van der Waals surface area contributed by atoms with Crippen LogP contribution in [0.25, 0.3) is 5.69 Å². The van der Waals surface area contributed by atoms with Gasteiger partial charge in [0.1, 0.15) is 17.3 Å². The van der Waals surface area contributed by atoms with E-state index >= 15 is 0 Å². The minimum Gasteiger partial charge on any atom is -0.480 e. The third-order valence-electron chi connectivity index (χ3n) is 4.56. The Kier molecular flexibility index (Phi) is 7.06. The predicted molar refractivity (Wildman–Crippen MR) is 114 cm³/mol. The van der Waals surface area contributed by atoms with Crippen LogP contribution in [-0.4, -0.2) is 44.1 Å². The number of carboxylic acids is 1. The van der Waals surface area contributed by atoms with Gasteiger partial charge in [-0.1, -0.05) is 18.2 Å². The average Bonchev–Trinajstić information content (AvgIpc) is 2.89. The van der Waals surface area contributed by atoms with E-state index in [2.05, 4.69) is 0 Å². The number of para-hydroxylation sites is 1. The number of benzene rings is 1. The van der Waals surface area contributed by atoms with Gasteiger partial charge in [0.05, 0.1) is 11.4 Å². The number of hydrogen-bond acceptors (Lipinski definition) is 6. The lowest BCUT2D eigenvalue weighted by atomic mass is 10.1. The van der Waals surface area contributed by atoms with Crippen molar-refractivity contribution < 1.29 is 24.2 Å². The molecule has 2 rings (SSSR count). The molecular formula is C21H28N4O6. The molecule has 0 fully saturated rings. The Balaban J connectivity index is 2.56. The number of carbonyl (C=O) groups excluding carboxylic acids is 2. The molecule has 1 aromatic carbocycles. The lowest BCUT2D eigenvalue weighted by Crippen LogP contribution is -2.44. The van der Waals surface area contributed by atoms with Crippen molar-refractivity contribution in [1.82, 2.24) is 9.36 Å². The second kappa shape index (κ2) is 9.17. The second-order valence-electron chi connectivity index (χ2n) is 8.10. The lowest BCUT2D eigenvalue weighted by molar-refractivity contribution is -0.138. The number of hydrogen-bond donors (Lipinski definition) is 2. The normalized spacial score (nSPS) is 12.3. The van der Waals surface area contributed by atoms with Crippen molar-refractivity contribution in [3.05, 3.63) is 46.4 Å². The smallest absolute Gasteiger partial charge is 0.421 e. The van der Waals surface area contributed by atoms with E-state index in [0.717, 1.165) is 0 Å². The summed E-state index contributed by atoms with van der Waals surface area (Å²) < 4.78 is 8.22. The van der Waals surface area contributed by atoms with E-state index < -0.39 is 35.2 Å². The van der Waals surface area contributed by atoms with Gasteiger partial charge in [-0.05, 0) is 46.2 Å². The molecule has 0 unspecified atom stereocenters. The molecule has 0 aliphatic heterocycles. The Morgan fingerprint density at radius 3 is 2.29 bits per heavy atom. The predicted octanol–water partition coefficient (Wildman–Crippen LogP) is 1.94. The van der Waals surface area contributed by atoms with Crippen LogP contribution in [0.15, 0.2) is 35.1 Å². The quantitative estimate of drug-likeness (QED) is 0.712. The van der Waals surface area contributed by atoms with Crippen LogP contribution in [0.3, 0.4) is 0 Å². The summed E-state index contributed by atoms with van der Waals surface area (Å²) in [5.74, 6) is -2.05. The van der Waals surface area contributed by atoms with E-state index in [4.69, 9.17) is 15.6 Å². The number of rotatable bonds is 6. The molecule has 0 saturated carbocycles. The lowest BCUT2D eigenvalue weighted by Gasteiger charge is -2.25. The highest BCUT2D eigenvalue weighted by Gasteiger charge is 2.34. The summed E-state index contributed by atoms with van der Waals surface area (Å²) >= 11 is 0. The van der Waals surface area contributed by atoms with Crippen LogP contribution in [0.4, 0.5) is 10.5 Å². The molecule has 0 spiro atoms. The van der Waals surface area contributed by atoms with Gasteiger partial charge in [-0.2, -0.15) is 0 Å². The number of carboxylic acid groups (broad SMARTS) is 1. The Hall–Kier alpha value is -3.40. The van der Waals surface area contributed by atoms with Crippen LogP contribution in [0.2, 0.25) is 0 Å². The first-order valence-electron chi connectivity index (χ1n) is 9.73. The van der Waals surface area contributed by atoms with Gasteiger partial charge in [0.15, 0.2) is 0 Å². The molecule has 10 nitrogen and oxygen atoms in total. The Morgan fingerprint density at radius 2 is 1.77 bits per heavy atom. The van der Waals surface area contributed by atoms with Crippen molar-refractivity contribution in [3.8, 4) is 5.69 Å². The first-order valence-corrected chi connectivity index (χ1v) is 9.73. The van der Waals surface area contributed by atoms with Crippen LogP contribution in [0.1, 0.15) is 39.3 Å². The molecule has 1 heterocycles. The maximum atomic E-state index is 13.3. The third kappa shape index (κ3) is 5.40. The monoisotopic (exact) mass is 432 g/mol. The van der Waals surface area contributed by atoms with Crippen molar-refractivity contribution in [2.45, 2.75) is 52.2 Å². The van der Waals surface area contributed by atoms with Gasteiger partial charge < -0.3 is 15.6 Å². The Bertz CT molecular complexity index is 1030. The molecule has 0 radical (unpaired) electrons. The molecule has 31 heavy (non-hydrogen) atoms. The average molecular weight is 432 g/mol. The zero-order valence-corrected chi connectivity index (χ0v) is 18.3. The summed E-state index contributed by atoms with van der Waals surface area (Å²) in [6, 6.07) is 7.48. The Morgan fingerprint density at radius 1 is 1.19 bits per heavy atom. The maximum Gasteiger partial charge on any atom is 0.421 e. The summed E-state index contributed by atoms with van der Waals surface area (Å²) in [6.45, 7) is 6.50. The molecule has 2 amide bonds. The standard InChI is InChI=1S/C21H28N4O6/c1-13-17(18(27)25(23(13)5)14-9-7-6-8-10-14)24(20(30)31-21(2,3)4)16(26)12-11-15(22)19(28)29/h6-10,15H,11-12,22H2,1-5H3,(H,28,29)/t15-/m0/s1. The van der Waals surface area contributed by atoms with Crippen LogP contribution in [0, 0.1) is 6.92 Å². The van der Waals surface area contributed by atoms with Crippen molar-refractivity contribution in [2.24, 2.45) is 12.8 Å². The number of imide groups is 1. The fourth-order valence-corrected chi connectivity index (χ4v) is 2.95. The van der Waals surface area contributed by atoms with Gasteiger partial charge in [-0.3, -0.25) is 19.1 Å². The molecule has 0 aliphatic rings. The summed E-state index contributed by atoms with van der Waals surface area (Å²) in [5, 5.41) is 8.97. The minimum absolute atomic E-state index is 0.158. The van der Waals surface area contributed by atoms with Gasteiger partial charge in [0.2, 0.25) is 5.91 Å². The number of carbonyl (C=O) groups is 3. The molecule has 1 atom stereocenters. The highest BCUT2D eigenvalue weighted by Crippen LogP contribution is 2.22. The van der Waals surface area contributed by atoms with E-state index in [-0.39, 0.29) is 18.5 Å².